The number of hydrogen-bond acceptors (Lipinski definition) is 2. The Morgan fingerprint density at radius 2 is 1.93 bits per heavy atom. The molecular formula is C12H21NO. The number of rotatable bonds is 3. The maximum Gasteiger partial charge on any atom is 0.212 e. The van der Waals surface area contributed by atoms with Gasteiger partial charge in [-0.3, -0.25) is 0 Å². The monoisotopic (exact) mass is 195 g/mol. The number of aromatic nitrogens is 1. The minimum absolute atomic E-state index is 0.681. The molecule has 0 saturated heterocycles. The van der Waals surface area contributed by atoms with Gasteiger partial charge in [0.05, 0.1) is 7.11 Å². The SMILES string of the molecule is CC.COc1ccc(CC(C)C)cn1. The maximum atomic E-state index is 4.96. The van der Waals surface area contributed by atoms with E-state index in [9.17, 15) is 0 Å². The molecule has 1 aromatic heterocycles. The van der Waals surface area contributed by atoms with E-state index < -0.39 is 0 Å². The highest BCUT2D eigenvalue weighted by Crippen LogP contribution is 2.10. The first kappa shape index (κ1) is 12.9. The standard InChI is InChI=1S/C10H15NO.C2H6/c1-8(2)6-9-4-5-10(12-3)11-7-9;1-2/h4-5,7-8H,6H2,1-3H3;1-2H3. The van der Waals surface area contributed by atoms with Gasteiger partial charge in [0, 0.05) is 12.3 Å². The van der Waals surface area contributed by atoms with Gasteiger partial charge >= 0.3 is 0 Å². The molecule has 80 valence electrons. The van der Waals surface area contributed by atoms with Crippen molar-refractivity contribution in [2.24, 2.45) is 5.92 Å². The summed E-state index contributed by atoms with van der Waals surface area (Å²) < 4.78 is 4.96. The molecule has 0 fully saturated rings. The summed E-state index contributed by atoms with van der Waals surface area (Å²) in [7, 11) is 1.63. The molecule has 0 spiro atoms. The first-order valence-electron chi connectivity index (χ1n) is 5.21. The predicted molar refractivity (Wildman–Crippen MR) is 60.7 cm³/mol. The zero-order valence-electron chi connectivity index (χ0n) is 9.87. The van der Waals surface area contributed by atoms with Crippen molar-refractivity contribution in [2.45, 2.75) is 34.1 Å². The Morgan fingerprint density at radius 1 is 1.29 bits per heavy atom. The topological polar surface area (TPSA) is 22.1 Å². The molecular weight excluding hydrogens is 174 g/mol. The van der Waals surface area contributed by atoms with Crippen LogP contribution in [0.2, 0.25) is 0 Å². The molecule has 0 aliphatic rings. The quantitative estimate of drug-likeness (QED) is 0.738. The normalized spacial score (nSPS) is 9.29. The van der Waals surface area contributed by atoms with E-state index in [2.05, 4.69) is 24.9 Å². The molecule has 0 aromatic carbocycles. The lowest BCUT2D eigenvalue weighted by Crippen LogP contribution is -1.95. The van der Waals surface area contributed by atoms with Crippen LogP contribution in [0.1, 0.15) is 33.3 Å². The van der Waals surface area contributed by atoms with E-state index in [1.807, 2.05) is 26.1 Å². The molecule has 0 unspecified atom stereocenters. The second-order valence-corrected chi connectivity index (χ2v) is 3.31. The van der Waals surface area contributed by atoms with E-state index in [-0.39, 0.29) is 0 Å². The Balaban J connectivity index is 0.000000791. The van der Waals surface area contributed by atoms with Crippen molar-refractivity contribution in [1.82, 2.24) is 4.98 Å². The third-order valence-corrected chi connectivity index (χ3v) is 1.65. The lowest BCUT2D eigenvalue weighted by molar-refractivity contribution is 0.397. The molecule has 0 bridgehead atoms. The molecule has 2 nitrogen and oxygen atoms in total. The summed E-state index contributed by atoms with van der Waals surface area (Å²) in [5.41, 5.74) is 1.27. The minimum atomic E-state index is 0.681. The first-order valence-corrected chi connectivity index (χ1v) is 5.21. The van der Waals surface area contributed by atoms with Crippen LogP contribution in [0.3, 0.4) is 0 Å². The number of ether oxygens (including phenoxy) is 1. The lowest BCUT2D eigenvalue weighted by Gasteiger charge is -2.04. The van der Waals surface area contributed by atoms with Crippen LogP contribution < -0.4 is 4.74 Å². The first-order chi connectivity index (χ1) is 6.72. The minimum Gasteiger partial charge on any atom is -0.481 e. The van der Waals surface area contributed by atoms with Gasteiger partial charge in [-0.1, -0.05) is 33.8 Å². The molecule has 2 heteroatoms. The summed E-state index contributed by atoms with van der Waals surface area (Å²) in [5.74, 6) is 1.36. The summed E-state index contributed by atoms with van der Waals surface area (Å²) in [6.45, 7) is 8.40. The van der Waals surface area contributed by atoms with Gasteiger partial charge in [-0.05, 0) is 17.9 Å². The number of hydrogen-bond donors (Lipinski definition) is 0. The van der Waals surface area contributed by atoms with Crippen LogP contribution in [-0.2, 0) is 6.42 Å². The van der Waals surface area contributed by atoms with Crippen molar-refractivity contribution >= 4 is 0 Å². The Kier molecular flexibility index (Phi) is 6.81. The van der Waals surface area contributed by atoms with Gasteiger partial charge in [0.25, 0.3) is 0 Å². The highest BCUT2D eigenvalue weighted by molar-refractivity contribution is 5.17. The Hall–Kier alpha value is -1.05. The van der Waals surface area contributed by atoms with E-state index >= 15 is 0 Å². The molecule has 0 saturated carbocycles. The Bertz CT molecular complexity index is 229. The van der Waals surface area contributed by atoms with E-state index in [0.29, 0.717) is 11.8 Å². The number of methoxy groups -OCH3 is 1. The van der Waals surface area contributed by atoms with Gasteiger partial charge in [0.2, 0.25) is 5.88 Å². The van der Waals surface area contributed by atoms with E-state index in [0.717, 1.165) is 6.42 Å². The van der Waals surface area contributed by atoms with Crippen molar-refractivity contribution in [3.05, 3.63) is 23.9 Å². The Labute approximate surface area is 87.3 Å². The lowest BCUT2D eigenvalue weighted by atomic mass is 10.1. The van der Waals surface area contributed by atoms with Crippen molar-refractivity contribution in [1.29, 1.82) is 0 Å². The molecule has 0 amide bonds. The van der Waals surface area contributed by atoms with Crippen LogP contribution in [0.5, 0.6) is 5.88 Å². The highest BCUT2D eigenvalue weighted by Gasteiger charge is 1.98. The fourth-order valence-corrected chi connectivity index (χ4v) is 1.12. The second kappa shape index (κ2) is 7.36. The average Bonchev–Trinajstić information content (AvgIpc) is 2.21. The molecule has 0 aliphatic carbocycles. The van der Waals surface area contributed by atoms with Crippen LogP contribution in [0, 0.1) is 5.92 Å². The van der Waals surface area contributed by atoms with Gasteiger partial charge in [0.1, 0.15) is 0 Å². The van der Waals surface area contributed by atoms with Crippen molar-refractivity contribution in [3.8, 4) is 5.88 Å². The third kappa shape index (κ3) is 4.85. The zero-order valence-corrected chi connectivity index (χ0v) is 9.87. The summed E-state index contributed by atoms with van der Waals surface area (Å²) >= 11 is 0. The predicted octanol–water partition coefficient (Wildman–Crippen LogP) is 3.31. The highest BCUT2D eigenvalue weighted by atomic mass is 16.5. The number of nitrogens with zero attached hydrogens (tertiary/aromatic N) is 1. The summed E-state index contributed by atoms with van der Waals surface area (Å²) in [4.78, 5) is 4.13. The summed E-state index contributed by atoms with van der Waals surface area (Å²) in [6.07, 6.45) is 2.95. The fourth-order valence-electron chi connectivity index (χ4n) is 1.12. The van der Waals surface area contributed by atoms with E-state index in [1.165, 1.54) is 5.56 Å². The molecule has 14 heavy (non-hydrogen) atoms. The molecule has 0 N–H and O–H groups in total. The largest absolute Gasteiger partial charge is 0.481 e. The molecule has 1 rings (SSSR count). The average molecular weight is 195 g/mol. The zero-order chi connectivity index (χ0) is 11.0. The summed E-state index contributed by atoms with van der Waals surface area (Å²) in [6, 6.07) is 3.96. The Morgan fingerprint density at radius 3 is 2.29 bits per heavy atom. The number of pyridine rings is 1. The van der Waals surface area contributed by atoms with Crippen LogP contribution in [0.4, 0.5) is 0 Å². The van der Waals surface area contributed by atoms with Gasteiger partial charge in [-0.15, -0.1) is 0 Å². The van der Waals surface area contributed by atoms with Crippen LogP contribution >= 0.6 is 0 Å². The van der Waals surface area contributed by atoms with E-state index in [4.69, 9.17) is 4.74 Å². The molecule has 1 heterocycles. The molecule has 0 atom stereocenters. The van der Waals surface area contributed by atoms with Crippen molar-refractivity contribution in [3.63, 3.8) is 0 Å². The van der Waals surface area contributed by atoms with Crippen LogP contribution in [-0.4, -0.2) is 12.1 Å². The van der Waals surface area contributed by atoms with Crippen LogP contribution in [0.15, 0.2) is 18.3 Å². The van der Waals surface area contributed by atoms with E-state index in [1.54, 1.807) is 7.11 Å². The molecule has 0 aliphatic heterocycles. The van der Waals surface area contributed by atoms with Crippen LogP contribution in [0.25, 0.3) is 0 Å². The second-order valence-electron chi connectivity index (χ2n) is 3.31. The van der Waals surface area contributed by atoms with Crippen molar-refractivity contribution < 1.29 is 4.74 Å². The van der Waals surface area contributed by atoms with Gasteiger partial charge in [0.15, 0.2) is 0 Å². The summed E-state index contributed by atoms with van der Waals surface area (Å²) in [5, 5.41) is 0. The maximum absolute atomic E-state index is 4.96. The van der Waals surface area contributed by atoms with Gasteiger partial charge in [-0.2, -0.15) is 0 Å². The smallest absolute Gasteiger partial charge is 0.212 e. The van der Waals surface area contributed by atoms with Gasteiger partial charge < -0.3 is 4.74 Å². The van der Waals surface area contributed by atoms with Crippen molar-refractivity contribution in [2.75, 3.05) is 7.11 Å². The fraction of sp³-hybridized carbons (Fsp3) is 0.583. The molecule has 0 radical (unpaired) electrons. The molecule has 1 aromatic rings. The van der Waals surface area contributed by atoms with Gasteiger partial charge in [-0.25, -0.2) is 4.98 Å². The third-order valence-electron chi connectivity index (χ3n) is 1.65.